The third-order valence-corrected chi connectivity index (χ3v) is 4.80. The molecule has 3 rings (SSSR count). The Balaban J connectivity index is 1.85. The lowest BCUT2D eigenvalue weighted by atomic mass is 10.2. The smallest absolute Gasteiger partial charge is 0.266 e. The van der Waals surface area contributed by atoms with Gasteiger partial charge in [-0.15, -0.1) is 0 Å². The van der Waals surface area contributed by atoms with Crippen LogP contribution in [0.15, 0.2) is 58.4 Å². The van der Waals surface area contributed by atoms with Crippen molar-refractivity contribution >= 4 is 34.6 Å². The van der Waals surface area contributed by atoms with Crippen LogP contribution < -0.4 is 0 Å². The number of carbonyl (C=O) groups excluding carboxylic acids is 1. The maximum atomic E-state index is 13.0. The highest BCUT2D eigenvalue weighted by Crippen LogP contribution is 2.33. The Bertz CT molecular complexity index is 810. The van der Waals surface area contributed by atoms with Crippen molar-refractivity contribution in [3.8, 4) is 0 Å². The topological polar surface area (TPSA) is 32.7 Å². The summed E-state index contributed by atoms with van der Waals surface area (Å²) in [5.74, 6) is -0.397. The maximum absolute atomic E-state index is 13.0. The van der Waals surface area contributed by atoms with Crippen LogP contribution in [0.3, 0.4) is 0 Å². The molecule has 1 amide bonds. The first-order chi connectivity index (χ1) is 11.6. The minimum Gasteiger partial charge on any atom is -0.290 e. The van der Waals surface area contributed by atoms with Crippen molar-refractivity contribution in [2.45, 2.75) is 13.3 Å². The summed E-state index contributed by atoms with van der Waals surface area (Å²) in [6.07, 6.45) is 2.74. The Morgan fingerprint density at radius 1 is 1.12 bits per heavy atom. The van der Waals surface area contributed by atoms with Crippen molar-refractivity contribution in [2.75, 3.05) is 7.05 Å². The van der Waals surface area contributed by atoms with Gasteiger partial charge in [0.2, 0.25) is 0 Å². The number of thioether (sulfide) groups is 1. The third kappa shape index (κ3) is 3.57. The van der Waals surface area contributed by atoms with E-state index in [0.29, 0.717) is 10.1 Å². The predicted molar refractivity (Wildman–Crippen MR) is 97.7 cm³/mol. The lowest BCUT2D eigenvalue weighted by molar-refractivity contribution is -0.121. The van der Waals surface area contributed by atoms with Crippen LogP contribution >= 0.6 is 11.8 Å². The molecule has 24 heavy (non-hydrogen) atoms. The lowest BCUT2D eigenvalue weighted by Gasteiger charge is -2.07. The van der Waals surface area contributed by atoms with Gasteiger partial charge in [-0.05, 0) is 59.7 Å². The first kappa shape index (κ1) is 16.5. The average molecular weight is 340 g/mol. The van der Waals surface area contributed by atoms with Gasteiger partial charge in [0, 0.05) is 7.05 Å². The molecule has 122 valence electrons. The Morgan fingerprint density at radius 3 is 2.42 bits per heavy atom. The predicted octanol–water partition coefficient (Wildman–Crippen LogP) is 4.62. The number of aryl methyl sites for hydroxylation is 1. The summed E-state index contributed by atoms with van der Waals surface area (Å²) in [5, 5.41) is 0.637. The monoisotopic (exact) mass is 340 g/mol. The highest BCUT2D eigenvalue weighted by molar-refractivity contribution is 8.18. The number of carbonyl (C=O) groups is 1. The molecule has 0 unspecified atom stereocenters. The van der Waals surface area contributed by atoms with E-state index < -0.39 is 0 Å². The van der Waals surface area contributed by atoms with Gasteiger partial charge in [0.05, 0.1) is 10.6 Å². The number of hydrogen-bond acceptors (Lipinski definition) is 3. The standard InChI is InChI=1S/C19H17FN2OS/c1-3-13-6-10-16(11-7-13)21-19-22(2)18(23)17(24-19)12-14-4-8-15(20)9-5-14/h4-12H,3H2,1-2H3/b17-12+,21-19?. The molecule has 2 aromatic rings. The number of halogens is 1. The van der Waals surface area contributed by atoms with E-state index in [-0.39, 0.29) is 11.7 Å². The van der Waals surface area contributed by atoms with Gasteiger partial charge in [-0.2, -0.15) is 0 Å². The summed E-state index contributed by atoms with van der Waals surface area (Å²) in [6, 6.07) is 14.0. The van der Waals surface area contributed by atoms with Crippen molar-refractivity contribution in [3.63, 3.8) is 0 Å². The summed E-state index contributed by atoms with van der Waals surface area (Å²) >= 11 is 1.32. The largest absolute Gasteiger partial charge is 0.290 e. The Morgan fingerprint density at radius 2 is 1.79 bits per heavy atom. The van der Waals surface area contributed by atoms with Crippen LogP contribution in [0.2, 0.25) is 0 Å². The Kier molecular flexibility index (Phi) is 4.81. The van der Waals surface area contributed by atoms with Gasteiger partial charge in [-0.3, -0.25) is 9.69 Å². The number of amides is 1. The van der Waals surface area contributed by atoms with Gasteiger partial charge in [-0.1, -0.05) is 31.2 Å². The number of rotatable bonds is 3. The number of hydrogen-bond donors (Lipinski definition) is 0. The van der Waals surface area contributed by atoms with Gasteiger partial charge in [-0.25, -0.2) is 9.38 Å². The third-order valence-electron chi connectivity index (χ3n) is 3.74. The highest BCUT2D eigenvalue weighted by atomic mass is 32.2. The maximum Gasteiger partial charge on any atom is 0.266 e. The number of likely N-dealkylation sites (N-methyl/N-ethyl adjacent to an activating group) is 1. The van der Waals surface area contributed by atoms with E-state index >= 15 is 0 Å². The normalized spacial score (nSPS) is 18.0. The number of amidine groups is 1. The van der Waals surface area contributed by atoms with E-state index in [0.717, 1.165) is 17.7 Å². The highest BCUT2D eigenvalue weighted by Gasteiger charge is 2.30. The molecule has 0 aliphatic carbocycles. The Hall–Kier alpha value is -2.40. The van der Waals surface area contributed by atoms with E-state index in [9.17, 15) is 9.18 Å². The van der Waals surface area contributed by atoms with E-state index in [4.69, 9.17) is 0 Å². The lowest BCUT2D eigenvalue weighted by Crippen LogP contribution is -2.23. The van der Waals surface area contributed by atoms with Crippen molar-refractivity contribution < 1.29 is 9.18 Å². The van der Waals surface area contributed by atoms with E-state index in [1.54, 1.807) is 25.3 Å². The fraction of sp³-hybridized carbons (Fsp3) is 0.158. The SMILES string of the molecule is CCc1ccc(N=C2S/C(=C/c3ccc(F)cc3)C(=O)N2C)cc1. The first-order valence-electron chi connectivity index (χ1n) is 7.67. The zero-order valence-corrected chi connectivity index (χ0v) is 14.3. The quantitative estimate of drug-likeness (QED) is 0.764. The van der Waals surface area contributed by atoms with E-state index in [1.807, 2.05) is 24.3 Å². The van der Waals surface area contributed by atoms with Crippen molar-refractivity contribution in [3.05, 3.63) is 70.4 Å². The van der Waals surface area contributed by atoms with Crippen LogP contribution in [0.4, 0.5) is 10.1 Å². The van der Waals surface area contributed by atoms with Gasteiger partial charge < -0.3 is 0 Å². The molecule has 1 saturated heterocycles. The summed E-state index contributed by atoms with van der Waals surface area (Å²) in [6.45, 7) is 2.10. The molecule has 0 N–H and O–H groups in total. The van der Waals surface area contributed by atoms with E-state index in [1.165, 1.54) is 34.4 Å². The summed E-state index contributed by atoms with van der Waals surface area (Å²) in [7, 11) is 1.71. The second-order valence-electron chi connectivity index (χ2n) is 5.44. The van der Waals surface area contributed by atoms with Crippen molar-refractivity contribution in [1.82, 2.24) is 4.90 Å². The average Bonchev–Trinajstić information content (AvgIpc) is 2.86. The zero-order chi connectivity index (χ0) is 17.1. The van der Waals surface area contributed by atoms with Crippen LogP contribution in [-0.4, -0.2) is 23.0 Å². The number of nitrogens with zero attached hydrogens (tertiary/aromatic N) is 2. The van der Waals surface area contributed by atoms with Crippen LogP contribution in [-0.2, 0) is 11.2 Å². The summed E-state index contributed by atoms with van der Waals surface area (Å²) < 4.78 is 13.0. The second-order valence-corrected chi connectivity index (χ2v) is 6.45. The molecular formula is C19H17FN2OS. The minimum atomic E-state index is -0.294. The summed E-state index contributed by atoms with van der Waals surface area (Å²) in [5.41, 5.74) is 2.85. The molecule has 1 aliphatic heterocycles. The molecular weight excluding hydrogens is 323 g/mol. The first-order valence-corrected chi connectivity index (χ1v) is 8.49. The van der Waals surface area contributed by atoms with Crippen LogP contribution in [0.25, 0.3) is 6.08 Å². The van der Waals surface area contributed by atoms with Gasteiger partial charge in [0.15, 0.2) is 5.17 Å². The van der Waals surface area contributed by atoms with Crippen LogP contribution in [0.1, 0.15) is 18.1 Å². The molecule has 5 heteroatoms. The van der Waals surface area contributed by atoms with Crippen molar-refractivity contribution in [1.29, 1.82) is 0 Å². The van der Waals surface area contributed by atoms with E-state index in [2.05, 4.69) is 11.9 Å². The summed E-state index contributed by atoms with van der Waals surface area (Å²) in [4.78, 5) is 19.0. The Labute approximate surface area is 144 Å². The van der Waals surface area contributed by atoms with Gasteiger partial charge in [0.1, 0.15) is 5.82 Å². The number of aliphatic imine (C=N–C) groups is 1. The minimum absolute atomic E-state index is 0.103. The van der Waals surface area contributed by atoms with Gasteiger partial charge in [0.25, 0.3) is 5.91 Å². The molecule has 1 fully saturated rings. The van der Waals surface area contributed by atoms with Crippen molar-refractivity contribution in [2.24, 2.45) is 4.99 Å². The molecule has 0 radical (unpaired) electrons. The molecule has 0 bridgehead atoms. The van der Waals surface area contributed by atoms with Gasteiger partial charge >= 0.3 is 0 Å². The van der Waals surface area contributed by atoms with Crippen LogP contribution in [0.5, 0.6) is 0 Å². The van der Waals surface area contributed by atoms with Crippen LogP contribution in [0, 0.1) is 5.82 Å². The molecule has 0 saturated carbocycles. The molecule has 1 aliphatic rings. The molecule has 0 spiro atoms. The second kappa shape index (κ2) is 7.01. The molecule has 1 heterocycles. The fourth-order valence-electron chi connectivity index (χ4n) is 2.28. The fourth-order valence-corrected chi connectivity index (χ4v) is 3.27. The molecule has 2 aromatic carbocycles. The molecule has 0 atom stereocenters. The number of benzene rings is 2. The zero-order valence-electron chi connectivity index (χ0n) is 13.5. The molecule has 3 nitrogen and oxygen atoms in total. The molecule has 0 aromatic heterocycles.